The van der Waals surface area contributed by atoms with Gasteiger partial charge in [-0.3, -0.25) is 4.79 Å². The molecule has 2 heterocycles. The molecule has 2 aliphatic rings. The molecule has 158 valence electrons. The van der Waals surface area contributed by atoms with Crippen molar-refractivity contribution in [1.29, 1.82) is 0 Å². The molecule has 0 aromatic heterocycles. The second-order valence-electron chi connectivity index (χ2n) is 7.89. The second kappa shape index (κ2) is 9.39. The standard InChI is InChI=1S/C23H27ClN4O2/c24-20-5-3-4-19(14-20)16-27-12-13-28(23(27)30)17-22(29)25-15-18-6-8-21(9-7-18)26-10-1-2-11-26/h3-9,14H,1-2,10-13,15-17H2,(H,25,29). The Balaban J connectivity index is 1.23. The zero-order valence-electron chi connectivity index (χ0n) is 17.0. The summed E-state index contributed by atoms with van der Waals surface area (Å²) in [4.78, 5) is 30.7. The molecular weight excluding hydrogens is 400 g/mol. The first-order valence-corrected chi connectivity index (χ1v) is 10.9. The number of amides is 3. The Morgan fingerprint density at radius 3 is 2.40 bits per heavy atom. The van der Waals surface area contributed by atoms with Crippen LogP contribution in [0.25, 0.3) is 0 Å². The van der Waals surface area contributed by atoms with Crippen LogP contribution < -0.4 is 10.2 Å². The lowest BCUT2D eigenvalue weighted by molar-refractivity contribution is -0.121. The average Bonchev–Trinajstić information content (AvgIpc) is 3.39. The number of nitrogens with zero attached hydrogens (tertiary/aromatic N) is 3. The molecule has 1 N–H and O–H groups in total. The van der Waals surface area contributed by atoms with E-state index in [0.717, 1.165) is 24.2 Å². The van der Waals surface area contributed by atoms with Crippen LogP contribution in [-0.2, 0) is 17.9 Å². The van der Waals surface area contributed by atoms with E-state index in [4.69, 9.17) is 11.6 Å². The van der Waals surface area contributed by atoms with Crippen LogP contribution in [0.15, 0.2) is 48.5 Å². The first-order chi connectivity index (χ1) is 14.6. The van der Waals surface area contributed by atoms with E-state index >= 15 is 0 Å². The predicted molar refractivity (Wildman–Crippen MR) is 119 cm³/mol. The minimum atomic E-state index is -0.142. The Morgan fingerprint density at radius 2 is 1.67 bits per heavy atom. The van der Waals surface area contributed by atoms with Gasteiger partial charge in [0.1, 0.15) is 6.54 Å². The average molecular weight is 427 g/mol. The third kappa shape index (κ3) is 5.05. The number of anilines is 1. The summed E-state index contributed by atoms with van der Waals surface area (Å²) in [6.45, 7) is 4.45. The van der Waals surface area contributed by atoms with E-state index in [1.54, 1.807) is 9.80 Å². The zero-order valence-corrected chi connectivity index (χ0v) is 17.8. The van der Waals surface area contributed by atoms with Crippen molar-refractivity contribution in [2.24, 2.45) is 0 Å². The van der Waals surface area contributed by atoms with Crippen LogP contribution in [0.4, 0.5) is 10.5 Å². The third-order valence-electron chi connectivity index (χ3n) is 5.68. The van der Waals surface area contributed by atoms with E-state index < -0.39 is 0 Å². The van der Waals surface area contributed by atoms with Gasteiger partial charge in [-0.15, -0.1) is 0 Å². The van der Waals surface area contributed by atoms with Gasteiger partial charge in [0.05, 0.1) is 0 Å². The van der Waals surface area contributed by atoms with Crippen molar-refractivity contribution in [2.45, 2.75) is 25.9 Å². The number of hydrogen-bond donors (Lipinski definition) is 1. The molecule has 2 aromatic rings. The first-order valence-electron chi connectivity index (χ1n) is 10.5. The van der Waals surface area contributed by atoms with Crippen molar-refractivity contribution < 1.29 is 9.59 Å². The van der Waals surface area contributed by atoms with Gasteiger partial charge in [-0.25, -0.2) is 4.79 Å². The zero-order chi connectivity index (χ0) is 20.9. The minimum Gasteiger partial charge on any atom is -0.372 e. The maximum Gasteiger partial charge on any atom is 0.320 e. The van der Waals surface area contributed by atoms with E-state index in [0.29, 0.717) is 31.2 Å². The fraction of sp³-hybridized carbons (Fsp3) is 0.391. The normalized spacial score (nSPS) is 16.4. The van der Waals surface area contributed by atoms with E-state index in [1.165, 1.54) is 18.5 Å². The highest BCUT2D eigenvalue weighted by atomic mass is 35.5. The fourth-order valence-electron chi connectivity index (χ4n) is 4.01. The highest BCUT2D eigenvalue weighted by molar-refractivity contribution is 6.30. The summed E-state index contributed by atoms with van der Waals surface area (Å²) in [6.07, 6.45) is 2.51. The lowest BCUT2D eigenvalue weighted by Crippen LogP contribution is -2.39. The molecule has 0 spiro atoms. The minimum absolute atomic E-state index is 0.0801. The molecule has 0 aliphatic carbocycles. The van der Waals surface area contributed by atoms with Gasteiger partial charge in [-0.2, -0.15) is 0 Å². The number of rotatable bonds is 7. The molecule has 30 heavy (non-hydrogen) atoms. The number of urea groups is 1. The molecule has 2 aromatic carbocycles. The largest absolute Gasteiger partial charge is 0.372 e. The molecule has 6 nitrogen and oxygen atoms in total. The van der Waals surface area contributed by atoms with E-state index in [1.807, 2.05) is 24.3 Å². The molecule has 0 radical (unpaired) electrons. The molecule has 0 unspecified atom stereocenters. The van der Waals surface area contributed by atoms with Crippen LogP contribution in [-0.4, -0.2) is 54.5 Å². The molecule has 2 aliphatic heterocycles. The number of halogens is 1. The summed E-state index contributed by atoms with van der Waals surface area (Å²) in [5.41, 5.74) is 3.28. The van der Waals surface area contributed by atoms with Crippen molar-refractivity contribution in [3.63, 3.8) is 0 Å². The van der Waals surface area contributed by atoms with Crippen LogP contribution in [0.3, 0.4) is 0 Å². The van der Waals surface area contributed by atoms with Gasteiger partial charge in [-0.1, -0.05) is 35.9 Å². The fourth-order valence-corrected chi connectivity index (χ4v) is 4.22. The number of benzene rings is 2. The van der Waals surface area contributed by atoms with Crippen LogP contribution >= 0.6 is 11.6 Å². The highest BCUT2D eigenvalue weighted by Gasteiger charge is 2.29. The van der Waals surface area contributed by atoms with Gasteiger partial charge in [-0.05, 0) is 48.2 Å². The maximum atomic E-state index is 12.6. The summed E-state index contributed by atoms with van der Waals surface area (Å²) in [5.74, 6) is -0.142. The highest BCUT2D eigenvalue weighted by Crippen LogP contribution is 2.20. The van der Waals surface area contributed by atoms with Crippen LogP contribution in [0.1, 0.15) is 24.0 Å². The summed E-state index contributed by atoms with van der Waals surface area (Å²) >= 11 is 6.02. The summed E-state index contributed by atoms with van der Waals surface area (Å²) < 4.78 is 0. The van der Waals surface area contributed by atoms with E-state index in [-0.39, 0.29) is 18.5 Å². The molecule has 2 saturated heterocycles. The molecule has 0 bridgehead atoms. The molecule has 7 heteroatoms. The Bertz CT molecular complexity index is 896. The Kier molecular flexibility index (Phi) is 6.43. The quantitative estimate of drug-likeness (QED) is 0.737. The Morgan fingerprint density at radius 1 is 0.933 bits per heavy atom. The van der Waals surface area contributed by atoms with Crippen LogP contribution in [0, 0.1) is 0 Å². The Labute approximate surface area is 182 Å². The molecule has 4 rings (SSSR count). The van der Waals surface area contributed by atoms with Gasteiger partial charge in [0, 0.05) is 50.0 Å². The lowest BCUT2D eigenvalue weighted by atomic mass is 10.2. The molecule has 3 amide bonds. The number of hydrogen-bond acceptors (Lipinski definition) is 3. The van der Waals surface area contributed by atoms with Gasteiger partial charge in [0.2, 0.25) is 5.91 Å². The molecule has 0 atom stereocenters. The van der Waals surface area contributed by atoms with Crippen LogP contribution in [0.2, 0.25) is 5.02 Å². The smallest absolute Gasteiger partial charge is 0.320 e. The van der Waals surface area contributed by atoms with Gasteiger partial charge >= 0.3 is 6.03 Å². The lowest BCUT2D eigenvalue weighted by Gasteiger charge is -2.19. The summed E-state index contributed by atoms with van der Waals surface area (Å²) in [5, 5.41) is 3.58. The van der Waals surface area contributed by atoms with Gasteiger partial charge < -0.3 is 20.0 Å². The van der Waals surface area contributed by atoms with Crippen molar-refractivity contribution in [2.75, 3.05) is 37.6 Å². The van der Waals surface area contributed by atoms with Gasteiger partial charge in [0.15, 0.2) is 0 Å². The van der Waals surface area contributed by atoms with Crippen molar-refractivity contribution >= 4 is 29.2 Å². The number of carbonyl (C=O) groups excluding carboxylic acids is 2. The molecule has 2 fully saturated rings. The predicted octanol–water partition coefficient (Wildman–Crippen LogP) is 3.49. The Hall–Kier alpha value is -2.73. The molecular formula is C23H27ClN4O2. The third-order valence-corrected chi connectivity index (χ3v) is 5.91. The summed E-state index contributed by atoms with van der Waals surface area (Å²) in [6, 6.07) is 15.7. The van der Waals surface area contributed by atoms with Crippen LogP contribution in [0.5, 0.6) is 0 Å². The first kappa shape index (κ1) is 20.5. The number of nitrogens with one attached hydrogen (secondary N) is 1. The summed E-state index contributed by atoms with van der Waals surface area (Å²) in [7, 11) is 0. The SMILES string of the molecule is O=C(CN1CCN(Cc2cccc(Cl)c2)C1=O)NCc1ccc(N2CCCC2)cc1. The van der Waals surface area contributed by atoms with Crippen molar-refractivity contribution in [3.8, 4) is 0 Å². The monoisotopic (exact) mass is 426 g/mol. The van der Waals surface area contributed by atoms with E-state index in [9.17, 15) is 9.59 Å². The second-order valence-corrected chi connectivity index (χ2v) is 8.33. The molecule has 0 saturated carbocycles. The topological polar surface area (TPSA) is 55.9 Å². The van der Waals surface area contributed by atoms with Gasteiger partial charge in [0.25, 0.3) is 0 Å². The van der Waals surface area contributed by atoms with E-state index in [2.05, 4.69) is 34.5 Å². The van der Waals surface area contributed by atoms with Crippen molar-refractivity contribution in [3.05, 3.63) is 64.7 Å². The van der Waals surface area contributed by atoms with Crippen molar-refractivity contribution in [1.82, 2.24) is 15.1 Å². The maximum absolute atomic E-state index is 12.6. The number of carbonyl (C=O) groups is 2.